The standard InChI is InChI=1S/C12H19N3O2/c1-4-5-9-7-13-11(14-8-9)15-12(2,3)6-10(16)17/h7-8H,4-6H2,1-3H3,(H,16,17)(H,13,14,15). The Balaban J connectivity index is 2.65. The molecule has 0 aliphatic rings. The van der Waals surface area contributed by atoms with Gasteiger partial charge in [0.15, 0.2) is 0 Å². The van der Waals surface area contributed by atoms with E-state index < -0.39 is 11.5 Å². The van der Waals surface area contributed by atoms with Gasteiger partial charge in [0.2, 0.25) is 5.95 Å². The van der Waals surface area contributed by atoms with Crippen LogP contribution in [-0.4, -0.2) is 26.6 Å². The molecule has 0 saturated carbocycles. The summed E-state index contributed by atoms with van der Waals surface area (Å²) in [6.07, 6.45) is 5.58. The molecule has 0 aliphatic carbocycles. The van der Waals surface area contributed by atoms with E-state index in [4.69, 9.17) is 5.11 Å². The van der Waals surface area contributed by atoms with Crippen molar-refractivity contribution in [3.63, 3.8) is 0 Å². The Hall–Kier alpha value is -1.65. The summed E-state index contributed by atoms with van der Waals surface area (Å²) in [4.78, 5) is 19.0. The molecular weight excluding hydrogens is 218 g/mol. The Morgan fingerprint density at radius 2 is 2.00 bits per heavy atom. The minimum Gasteiger partial charge on any atom is -0.481 e. The van der Waals surface area contributed by atoms with Gasteiger partial charge in [0, 0.05) is 17.9 Å². The number of carbonyl (C=O) groups is 1. The van der Waals surface area contributed by atoms with Crippen molar-refractivity contribution in [1.29, 1.82) is 0 Å². The third-order valence-electron chi connectivity index (χ3n) is 2.29. The van der Waals surface area contributed by atoms with Gasteiger partial charge in [-0.25, -0.2) is 9.97 Å². The Kier molecular flexibility index (Phi) is 4.43. The molecule has 0 aliphatic heterocycles. The van der Waals surface area contributed by atoms with E-state index >= 15 is 0 Å². The van der Waals surface area contributed by atoms with Crippen molar-refractivity contribution in [3.8, 4) is 0 Å². The number of hydrogen-bond acceptors (Lipinski definition) is 4. The van der Waals surface area contributed by atoms with Crippen LogP contribution in [0.1, 0.15) is 39.2 Å². The molecule has 5 nitrogen and oxygen atoms in total. The second kappa shape index (κ2) is 5.61. The number of carboxylic acid groups (broad SMARTS) is 1. The van der Waals surface area contributed by atoms with Crippen LogP contribution in [0.15, 0.2) is 12.4 Å². The lowest BCUT2D eigenvalue weighted by Crippen LogP contribution is -2.34. The van der Waals surface area contributed by atoms with Crippen molar-refractivity contribution in [1.82, 2.24) is 9.97 Å². The molecule has 0 saturated heterocycles. The third-order valence-corrected chi connectivity index (χ3v) is 2.29. The highest BCUT2D eigenvalue weighted by Gasteiger charge is 2.22. The summed E-state index contributed by atoms with van der Waals surface area (Å²) < 4.78 is 0. The zero-order valence-corrected chi connectivity index (χ0v) is 10.5. The van der Waals surface area contributed by atoms with Gasteiger partial charge in [0.25, 0.3) is 0 Å². The number of aliphatic carboxylic acids is 1. The molecule has 1 aromatic heterocycles. The maximum atomic E-state index is 10.7. The summed E-state index contributed by atoms with van der Waals surface area (Å²) in [5, 5.41) is 11.8. The summed E-state index contributed by atoms with van der Waals surface area (Å²) in [6.45, 7) is 5.72. The van der Waals surface area contributed by atoms with Crippen LogP contribution in [0.25, 0.3) is 0 Å². The lowest BCUT2D eigenvalue weighted by Gasteiger charge is -2.24. The highest BCUT2D eigenvalue weighted by atomic mass is 16.4. The largest absolute Gasteiger partial charge is 0.481 e. The molecule has 0 aromatic carbocycles. The predicted octanol–water partition coefficient (Wildman–Crippen LogP) is 2.09. The molecule has 5 heteroatoms. The second-order valence-corrected chi connectivity index (χ2v) is 4.74. The first-order valence-corrected chi connectivity index (χ1v) is 5.74. The molecule has 2 N–H and O–H groups in total. The van der Waals surface area contributed by atoms with E-state index in [0.29, 0.717) is 5.95 Å². The van der Waals surface area contributed by atoms with Gasteiger partial charge in [-0.15, -0.1) is 0 Å². The highest BCUT2D eigenvalue weighted by molar-refractivity contribution is 5.68. The zero-order chi connectivity index (χ0) is 12.9. The normalized spacial score (nSPS) is 11.2. The average molecular weight is 237 g/mol. The number of carboxylic acids is 1. The van der Waals surface area contributed by atoms with E-state index in [1.807, 2.05) is 13.8 Å². The molecular formula is C12H19N3O2. The van der Waals surface area contributed by atoms with Gasteiger partial charge in [0.1, 0.15) is 0 Å². The van der Waals surface area contributed by atoms with E-state index in [-0.39, 0.29) is 6.42 Å². The maximum Gasteiger partial charge on any atom is 0.305 e. The first-order valence-electron chi connectivity index (χ1n) is 5.74. The van der Waals surface area contributed by atoms with Gasteiger partial charge in [-0.3, -0.25) is 4.79 Å². The van der Waals surface area contributed by atoms with Crippen molar-refractivity contribution < 1.29 is 9.90 Å². The second-order valence-electron chi connectivity index (χ2n) is 4.74. The fourth-order valence-corrected chi connectivity index (χ4v) is 1.56. The van der Waals surface area contributed by atoms with Crippen molar-refractivity contribution in [2.45, 2.75) is 45.6 Å². The number of nitrogens with one attached hydrogen (secondary N) is 1. The molecule has 1 aromatic rings. The van der Waals surface area contributed by atoms with Crippen LogP contribution >= 0.6 is 0 Å². The molecule has 0 fully saturated rings. The van der Waals surface area contributed by atoms with Crippen molar-refractivity contribution in [3.05, 3.63) is 18.0 Å². The van der Waals surface area contributed by atoms with Crippen molar-refractivity contribution in [2.24, 2.45) is 0 Å². The quantitative estimate of drug-likeness (QED) is 0.792. The fourth-order valence-electron chi connectivity index (χ4n) is 1.56. The zero-order valence-electron chi connectivity index (χ0n) is 10.5. The van der Waals surface area contributed by atoms with Gasteiger partial charge < -0.3 is 10.4 Å². The summed E-state index contributed by atoms with van der Waals surface area (Å²) in [5.41, 5.74) is 0.534. The topological polar surface area (TPSA) is 75.1 Å². The summed E-state index contributed by atoms with van der Waals surface area (Å²) in [7, 11) is 0. The lowest BCUT2D eigenvalue weighted by molar-refractivity contribution is -0.137. The van der Waals surface area contributed by atoms with Crippen LogP contribution in [0.2, 0.25) is 0 Å². The van der Waals surface area contributed by atoms with Crippen molar-refractivity contribution >= 4 is 11.9 Å². The number of hydrogen-bond donors (Lipinski definition) is 2. The minimum atomic E-state index is -0.842. The lowest BCUT2D eigenvalue weighted by atomic mass is 10.0. The number of rotatable bonds is 6. The number of anilines is 1. The van der Waals surface area contributed by atoms with Crippen LogP contribution in [0.3, 0.4) is 0 Å². The molecule has 1 rings (SSSR count). The predicted molar refractivity (Wildman–Crippen MR) is 66.0 cm³/mol. The Labute approximate surface area is 101 Å². The van der Waals surface area contributed by atoms with Crippen LogP contribution in [0.4, 0.5) is 5.95 Å². The average Bonchev–Trinajstić information content (AvgIpc) is 2.18. The Morgan fingerprint density at radius 3 is 2.47 bits per heavy atom. The van der Waals surface area contributed by atoms with Crippen LogP contribution < -0.4 is 5.32 Å². The van der Waals surface area contributed by atoms with Crippen LogP contribution in [0, 0.1) is 0 Å². The van der Waals surface area contributed by atoms with E-state index in [9.17, 15) is 4.79 Å². The van der Waals surface area contributed by atoms with E-state index in [0.717, 1.165) is 18.4 Å². The number of aromatic nitrogens is 2. The highest BCUT2D eigenvalue weighted by Crippen LogP contribution is 2.14. The van der Waals surface area contributed by atoms with Crippen molar-refractivity contribution in [2.75, 3.05) is 5.32 Å². The first kappa shape index (κ1) is 13.4. The van der Waals surface area contributed by atoms with E-state index in [1.165, 1.54) is 0 Å². The smallest absolute Gasteiger partial charge is 0.305 e. The molecule has 0 radical (unpaired) electrons. The minimum absolute atomic E-state index is 0.0209. The van der Waals surface area contributed by atoms with Gasteiger partial charge >= 0.3 is 5.97 Å². The summed E-state index contributed by atoms with van der Waals surface area (Å²) >= 11 is 0. The Bertz CT molecular complexity index is 374. The molecule has 0 amide bonds. The van der Waals surface area contributed by atoms with Crippen LogP contribution in [-0.2, 0) is 11.2 Å². The number of nitrogens with zero attached hydrogens (tertiary/aromatic N) is 2. The molecule has 0 bridgehead atoms. The Morgan fingerprint density at radius 1 is 1.41 bits per heavy atom. The van der Waals surface area contributed by atoms with Gasteiger partial charge in [-0.2, -0.15) is 0 Å². The van der Waals surface area contributed by atoms with Gasteiger partial charge in [-0.05, 0) is 25.8 Å². The summed E-state index contributed by atoms with van der Waals surface area (Å²) in [6, 6.07) is 0. The molecule has 0 atom stereocenters. The summed E-state index contributed by atoms with van der Waals surface area (Å²) in [5.74, 6) is -0.374. The third kappa shape index (κ3) is 4.80. The number of aryl methyl sites for hydroxylation is 1. The van der Waals surface area contributed by atoms with Crippen LogP contribution in [0.5, 0.6) is 0 Å². The molecule has 1 heterocycles. The molecule has 94 valence electrons. The van der Waals surface area contributed by atoms with E-state index in [2.05, 4.69) is 22.2 Å². The maximum absolute atomic E-state index is 10.7. The SMILES string of the molecule is CCCc1cnc(NC(C)(C)CC(=O)O)nc1. The monoisotopic (exact) mass is 237 g/mol. The van der Waals surface area contributed by atoms with E-state index in [1.54, 1.807) is 12.4 Å². The molecule has 17 heavy (non-hydrogen) atoms. The first-order chi connectivity index (χ1) is 7.93. The van der Waals surface area contributed by atoms with Gasteiger partial charge in [0.05, 0.1) is 6.42 Å². The molecule has 0 spiro atoms. The molecule has 0 unspecified atom stereocenters. The fraction of sp³-hybridized carbons (Fsp3) is 0.583. The van der Waals surface area contributed by atoms with Gasteiger partial charge in [-0.1, -0.05) is 13.3 Å².